The first-order chi connectivity index (χ1) is 32.5. The molecule has 0 spiro atoms. The monoisotopic (exact) mass is 931 g/mol. The molecule has 66 heavy (non-hydrogen) atoms. The number of hydrogen-bond acceptors (Lipinski definition) is 6. The molecule has 0 radical (unpaired) electrons. The van der Waals surface area contributed by atoms with Crippen LogP contribution in [0, 0.1) is 0 Å². The lowest BCUT2D eigenvalue weighted by molar-refractivity contribution is -0.167. The molecule has 0 aromatic rings. The predicted octanol–water partition coefficient (Wildman–Crippen LogP) is 19.7. The Labute approximate surface area is 411 Å². The van der Waals surface area contributed by atoms with Gasteiger partial charge < -0.3 is 14.2 Å². The molecule has 1 atom stereocenters. The number of carbonyl (C=O) groups is 3. The number of allylic oxidation sites excluding steroid dienone is 2. The summed E-state index contributed by atoms with van der Waals surface area (Å²) in [6.07, 6.45) is 63.5. The predicted molar refractivity (Wildman–Crippen MR) is 284 cm³/mol. The van der Waals surface area contributed by atoms with E-state index in [0.29, 0.717) is 19.3 Å². The Morgan fingerprint density at radius 3 is 0.758 bits per heavy atom. The van der Waals surface area contributed by atoms with E-state index >= 15 is 0 Å². The molecule has 0 heterocycles. The second-order valence-corrected chi connectivity index (χ2v) is 20.3. The minimum atomic E-state index is -0.764. The van der Waals surface area contributed by atoms with E-state index < -0.39 is 6.10 Å². The molecule has 0 bridgehead atoms. The summed E-state index contributed by atoms with van der Waals surface area (Å²) in [5, 5.41) is 0. The van der Waals surface area contributed by atoms with Crippen molar-refractivity contribution in [2.45, 2.75) is 341 Å². The van der Waals surface area contributed by atoms with Gasteiger partial charge in [-0.3, -0.25) is 14.4 Å². The molecule has 0 saturated carbocycles. The van der Waals surface area contributed by atoms with Gasteiger partial charge in [-0.05, 0) is 44.9 Å². The Hall–Kier alpha value is -1.85. The lowest BCUT2D eigenvalue weighted by atomic mass is 10.0. The largest absolute Gasteiger partial charge is 0.462 e. The Bertz CT molecular complexity index is 1020. The van der Waals surface area contributed by atoms with Gasteiger partial charge in [-0.25, -0.2) is 0 Å². The van der Waals surface area contributed by atoms with Crippen LogP contribution in [0.2, 0.25) is 0 Å². The average Bonchev–Trinajstić information content (AvgIpc) is 3.31. The highest BCUT2D eigenvalue weighted by atomic mass is 16.6. The summed E-state index contributed by atoms with van der Waals surface area (Å²) in [5.41, 5.74) is 0. The van der Waals surface area contributed by atoms with E-state index in [-0.39, 0.29) is 31.1 Å². The fourth-order valence-corrected chi connectivity index (χ4v) is 9.03. The van der Waals surface area contributed by atoms with E-state index in [1.807, 2.05) is 0 Å². The molecule has 0 fully saturated rings. The molecule has 6 heteroatoms. The number of esters is 3. The van der Waals surface area contributed by atoms with Gasteiger partial charge in [0.25, 0.3) is 0 Å². The zero-order chi connectivity index (χ0) is 47.9. The van der Waals surface area contributed by atoms with Gasteiger partial charge in [-0.2, -0.15) is 0 Å². The van der Waals surface area contributed by atoms with Crippen molar-refractivity contribution in [2.75, 3.05) is 13.2 Å². The molecule has 0 aromatic heterocycles. The van der Waals surface area contributed by atoms with Crippen molar-refractivity contribution < 1.29 is 28.6 Å². The van der Waals surface area contributed by atoms with Crippen LogP contribution in [-0.2, 0) is 28.6 Å². The number of ether oxygens (including phenoxy) is 3. The minimum absolute atomic E-state index is 0.0645. The van der Waals surface area contributed by atoms with Gasteiger partial charge in [-0.15, -0.1) is 0 Å². The van der Waals surface area contributed by atoms with Crippen LogP contribution in [0.1, 0.15) is 335 Å². The lowest BCUT2D eigenvalue weighted by Gasteiger charge is -2.18. The highest BCUT2D eigenvalue weighted by molar-refractivity contribution is 5.71. The van der Waals surface area contributed by atoms with Crippen molar-refractivity contribution >= 4 is 17.9 Å². The summed E-state index contributed by atoms with van der Waals surface area (Å²) in [4.78, 5) is 38.1. The Kier molecular flexibility index (Phi) is 54.2. The molecule has 0 aromatic carbocycles. The fraction of sp³-hybridized carbons (Fsp3) is 0.917. The van der Waals surface area contributed by atoms with E-state index in [9.17, 15) is 14.4 Å². The van der Waals surface area contributed by atoms with E-state index in [1.165, 1.54) is 238 Å². The summed E-state index contributed by atoms with van der Waals surface area (Å²) in [6.45, 7) is 6.69. The van der Waals surface area contributed by atoms with Crippen LogP contribution in [0.4, 0.5) is 0 Å². The van der Waals surface area contributed by atoms with E-state index in [0.717, 1.165) is 57.8 Å². The first kappa shape index (κ1) is 64.2. The maximum absolute atomic E-state index is 12.9. The first-order valence-electron chi connectivity index (χ1n) is 29.7. The highest BCUT2D eigenvalue weighted by Crippen LogP contribution is 2.17. The van der Waals surface area contributed by atoms with Crippen molar-refractivity contribution in [3.63, 3.8) is 0 Å². The molecule has 0 amide bonds. The van der Waals surface area contributed by atoms with Crippen molar-refractivity contribution in [3.05, 3.63) is 12.2 Å². The Balaban J connectivity index is 4.26. The number of hydrogen-bond donors (Lipinski definition) is 0. The van der Waals surface area contributed by atoms with E-state index in [2.05, 4.69) is 32.9 Å². The average molecular weight is 932 g/mol. The molecule has 0 rings (SSSR count). The Morgan fingerprint density at radius 2 is 0.500 bits per heavy atom. The molecule has 0 aliphatic rings. The molecule has 0 saturated heterocycles. The topological polar surface area (TPSA) is 78.9 Å². The smallest absolute Gasteiger partial charge is 0.306 e. The molecule has 0 aliphatic carbocycles. The normalized spacial score (nSPS) is 12.0. The van der Waals surface area contributed by atoms with Crippen LogP contribution in [0.25, 0.3) is 0 Å². The van der Waals surface area contributed by atoms with Gasteiger partial charge in [0.2, 0.25) is 0 Å². The third kappa shape index (κ3) is 53.1. The Morgan fingerprint density at radius 1 is 0.288 bits per heavy atom. The second-order valence-electron chi connectivity index (χ2n) is 20.3. The van der Waals surface area contributed by atoms with E-state index in [1.54, 1.807) is 0 Å². The van der Waals surface area contributed by atoms with Crippen LogP contribution in [-0.4, -0.2) is 37.2 Å². The molecule has 390 valence electrons. The van der Waals surface area contributed by atoms with Crippen LogP contribution in [0.5, 0.6) is 0 Å². The lowest BCUT2D eigenvalue weighted by Crippen LogP contribution is -2.30. The number of carbonyl (C=O) groups excluding carboxylic acids is 3. The van der Waals surface area contributed by atoms with Gasteiger partial charge in [-0.1, -0.05) is 283 Å². The van der Waals surface area contributed by atoms with Gasteiger partial charge >= 0.3 is 17.9 Å². The summed E-state index contributed by atoms with van der Waals surface area (Å²) >= 11 is 0. The van der Waals surface area contributed by atoms with Crippen LogP contribution >= 0.6 is 0 Å². The van der Waals surface area contributed by atoms with Crippen molar-refractivity contribution in [2.24, 2.45) is 0 Å². The van der Waals surface area contributed by atoms with Crippen molar-refractivity contribution in [1.29, 1.82) is 0 Å². The van der Waals surface area contributed by atoms with Gasteiger partial charge in [0.05, 0.1) is 0 Å². The van der Waals surface area contributed by atoms with Gasteiger partial charge in [0, 0.05) is 19.3 Å². The zero-order valence-electron chi connectivity index (χ0n) is 44.7. The molecule has 1 unspecified atom stereocenters. The first-order valence-corrected chi connectivity index (χ1v) is 29.7. The van der Waals surface area contributed by atoms with Gasteiger partial charge in [0.1, 0.15) is 13.2 Å². The third-order valence-corrected chi connectivity index (χ3v) is 13.5. The summed E-state index contributed by atoms with van der Waals surface area (Å²) in [6, 6.07) is 0. The maximum Gasteiger partial charge on any atom is 0.306 e. The highest BCUT2D eigenvalue weighted by Gasteiger charge is 2.19. The summed E-state index contributed by atoms with van der Waals surface area (Å²) in [7, 11) is 0. The molecular formula is C60H114O6. The zero-order valence-corrected chi connectivity index (χ0v) is 44.7. The SMILES string of the molecule is CCCCCCCC/C=C\CCCCCCCCCCCC(=O)OCC(COC(=O)CCCCCCCCCCCCC)OC(=O)CCCCCCCCCCCCCCCCCCCC. The van der Waals surface area contributed by atoms with Crippen LogP contribution in [0.15, 0.2) is 12.2 Å². The minimum Gasteiger partial charge on any atom is -0.462 e. The number of rotatable bonds is 55. The maximum atomic E-state index is 12.9. The molecular weight excluding hydrogens is 817 g/mol. The van der Waals surface area contributed by atoms with Crippen molar-refractivity contribution in [3.8, 4) is 0 Å². The quantitative estimate of drug-likeness (QED) is 0.0262. The number of unbranched alkanes of at least 4 members (excludes halogenated alkanes) is 42. The summed E-state index contributed by atoms with van der Waals surface area (Å²) in [5.74, 6) is -0.842. The standard InChI is InChI=1S/C60H114O6/c1-4-7-10-13-16-19-22-24-26-28-30-32-33-35-38-41-44-47-50-53-59(62)65-56-57(55-64-58(61)52-49-46-43-40-37-21-18-15-12-9-6-3)66-60(63)54-51-48-45-42-39-36-34-31-29-27-25-23-20-17-14-11-8-5-2/h24,26,57H,4-23,25,27-56H2,1-3H3/b26-24-. The molecule has 0 aliphatic heterocycles. The van der Waals surface area contributed by atoms with Crippen LogP contribution in [0.3, 0.4) is 0 Å². The van der Waals surface area contributed by atoms with Crippen LogP contribution < -0.4 is 0 Å². The second kappa shape index (κ2) is 55.7. The fourth-order valence-electron chi connectivity index (χ4n) is 9.03. The summed E-state index contributed by atoms with van der Waals surface area (Å²) < 4.78 is 16.9. The van der Waals surface area contributed by atoms with Crippen molar-refractivity contribution in [1.82, 2.24) is 0 Å². The van der Waals surface area contributed by atoms with Gasteiger partial charge in [0.15, 0.2) is 6.10 Å². The van der Waals surface area contributed by atoms with E-state index in [4.69, 9.17) is 14.2 Å². The molecule has 0 N–H and O–H groups in total. The third-order valence-electron chi connectivity index (χ3n) is 13.5. The molecule has 6 nitrogen and oxygen atoms in total.